The number of amides is 1. The van der Waals surface area contributed by atoms with E-state index in [0.717, 1.165) is 26.9 Å². The van der Waals surface area contributed by atoms with Gasteiger partial charge in [0.2, 0.25) is 15.9 Å². The van der Waals surface area contributed by atoms with Crippen LogP contribution in [0.25, 0.3) is 10.8 Å². The lowest BCUT2D eigenvalue weighted by Crippen LogP contribution is -2.37. The Balaban J connectivity index is 1.48. The first-order chi connectivity index (χ1) is 17.0. The first kappa shape index (κ1) is 25.2. The molecule has 0 saturated carbocycles. The molecule has 0 atom stereocenters. The molecule has 0 radical (unpaired) electrons. The number of carbonyl (C=O) groups is 1. The molecule has 0 fully saturated rings. The van der Waals surface area contributed by atoms with Gasteiger partial charge in [-0.25, -0.2) is 16.8 Å². The fourth-order valence-electron chi connectivity index (χ4n) is 3.75. The first-order valence-corrected chi connectivity index (χ1v) is 14.3. The molecule has 36 heavy (non-hydrogen) atoms. The van der Waals surface area contributed by atoms with E-state index in [1.807, 2.05) is 43.3 Å². The average molecular weight is 524 g/mol. The smallest absolute Gasteiger partial charge is 0.261 e. The number of rotatable bonds is 8. The molecular formula is C26H25N3O5S2. The second-order valence-corrected chi connectivity index (χ2v) is 11.9. The van der Waals surface area contributed by atoms with Crippen LogP contribution in [0.4, 0.5) is 17.1 Å². The highest BCUT2D eigenvalue weighted by Gasteiger charge is 2.21. The zero-order chi connectivity index (χ0) is 25.9. The van der Waals surface area contributed by atoms with Gasteiger partial charge in [-0.3, -0.25) is 13.8 Å². The number of anilines is 3. The summed E-state index contributed by atoms with van der Waals surface area (Å²) in [6.45, 7) is 1.40. The fraction of sp³-hybridized carbons (Fsp3) is 0.115. The van der Waals surface area contributed by atoms with Gasteiger partial charge in [-0.1, -0.05) is 48.5 Å². The number of carbonyl (C=O) groups excluding carboxylic acids is 1. The van der Waals surface area contributed by atoms with Crippen molar-refractivity contribution in [1.29, 1.82) is 0 Å². The summed E-state index contributed by atoms with van der Waals surface area (Å²) in [7, 11) is -7.59. The van der Waals surface area contributed by atoms with E-state index in [1.165, 1.54) is 24.3 Å². The number of hydrogen-bond donors (Lipinski definition) is 2. The van der Waals surface area contributed by atoms with E-state index in [1.54, 1.807) is 30.3 Å². The van der Waals surface area contributed by atoms with Crippen LogP contribution in [0, 0.1) is 6.92 Å². The highest BCUT2D eigenvalue weighted by Crippen LogP contribution is 2.26. The number of nitrogens with zero attached hydrogens (tertiary/aromatic N) is 1. The van der Waals surface area contributed by atoms with Crippen molar-refractivity contribution >= 4 is 53.8 Å². The van der Waals surface area contributed by atoms with Crippen LogP contribution in [0.3, 0.4) is 0 Å². The second-order valence-electron chi connectivity index (χ2n) is 8.31. The molecule has 2 N–H and O–H groups in total. The molecule has 0 aliphatic carbocycles. The van der Waals surface area contributed by atoms with E-state index in [0.29, 0.717) is 17.1 Å². The standard InChI is InChI=1S/C26H25N3O5S2/c1-19-7-5-10-22(17-19)29(35(2,31)32)18-26(30)27-21-13-15-23(16-14-21)36(33,34)28-25-12-6-9-20-8-3-4-11-24(20)25/h3-17,28H,18H2,1-2H3,(H,27,30). The molecule has 4 rings (SSSR count). The number of nitrogens with one attached hydrogen (secondary N) is 2. The Labute approximate surface area is 210 Å². The minimum Gasteiger partial charge on any atom is -0.325 e. The van der Waals surface area contributed by atoms with Crippen molar-refractivity contribution in [2.45, 2.75) is 11.8 Å². The van der Waals surface area contributed by atoms with E-state index >= 15 is 0 Å². The first-order valence-electron chi connectivity index (χ1n) is 11.0. The molecule has 0 spiro atoms. The largest absolute Gasteiger partial charge is 0.325 e. The van der Waals surface area contributed by atoms with Gasteiger partial charge in [-0.2, -0.15) is 0 Å². The molecule has 8 nitrogen and oxygen atoms in total. The summed E-state index contributed by atoms with van der Waals surface area (Å²) >= 11 is 0. The fourth-order valence-corrected chi connectivity index (χ4v) is 5.68. The van der Waals surface area contributed by atoms with Gasteiger partial charge in [0.1, 0.15) is 6.54 Å². The molecule has 0 heterocycles. The lowest BCUT2D eigenvalue weighted by atomic mass is 10.1. The van der Waals surface area contributed by atoms with E-state index in [2.05, 4.69) is 10.0 Å². The van der Waals surface area contributed by atoms with Gasteiger partial charge < -0.3 is 5.32 Å². The van der Waals surface area contributed by atoms with Gasteiger partial charge in [0.25, 0.3) is 10.0 Å². The normalized spacial score (nSPS) is 11.7. The third-order valence-electron chi connectivity index (χ3n) is 5.46. The van der Waals surface area contributed by atoms with Gasteiger partial charge in [-0.05, 0) is 60.3 Å². The molecule has 0 saturated heterocycles. The second kappa shape index (κ2) is 10.00. The van der Waals surface area contributed by atoms with Crippen molar-refractivity contribution < 1.29 is 21.6 Å². The molecular weight excluding hydrogens is 498 g/mol. The van der Waals surface area contributed by atoms with Crippen molar-refractivity contribution in [3.8, 4) is 0 Å². The average Bonchev–Trinajstić information content (AvgIpc) is 2.82. The summed E-state index contributed by atoms with van der Waals surface area (Å²) in [6, 6.07) is 25.3. The zero-order valence-electron chi connectivity index (χ0n) is 19.7. The summed E-state index contributed by atoms with van der Waals surface area (Å²) in [5.74, 6) is -0.564. The van der Waals surface area contributed by atoms with E-state index in [-0.39, 0.29) is 4.90 Å². The van der Waals surface area contributed by atoms with Crippen molar-refractivity contribution in [3.05, 3.63) is 96.6 Å². The highest BCUT2D eigenvalue weighted by molar-refractivity contribution is 7.92. The van der Waals surface area contributed by atoms with Gasteiger partial charge in [-0.15, -0.1) is 0 Å². The summed E-state index contributed by atoms with van der Waals surface area (Å²) in [4.78, 5) is 12.6. The lowest BCUT2D eigenvalue weighted by molar-refractivity contribution is -0.114. The zero-order valence-corrected chi connectivity index (χ0v) is 21.3. The molecule has 0 aromatic heterocycles. The van der Waals surface area contributed by atoms with Crippen LogP contribution in [-0.4, -0.2) is 35.5 Å². The van der Waals surface area contributed by atoms with Crippen LogP contribution in [0.15, 0.2) is 95.9 Å². The lowest BCUT2D eigenvalue weighted by Gasteiger charge is -2.22. The highest BCUT2D eigenvalue weighted by atomic mass is 32.2. The molecule has 186 valence electrons. The Kier molecular flexibility index (Phi) is 7.00. The van der Waals surface area contributed by atoms with Gasteiger partial charge >= 0.3 is 0 Å². The van der Waals surface area contributed by atoms with Crippen molar-refractivity contribution in [2.75, 3.05) is 27.1 Å². The third-order valence-corrected chi connectivity index (χ3v) is 7.98. The maximum Gasteiger partial charge on any atom is 0.261 e. The summed E-state index contributed by atoms with van der Waals surface area (Å²) < 4.78 is 54.1. The Hall–Kier alpha value is -3.89. The molecule has 0 bridgehead atoms. The Bertz CT molecular complexity index is 1630. The molecule has 4 aromatic rings. The maximum atomic E-state index is 12.9. The van der Waals surface area contributed by atoms with Crippen LogP contribution >= 0.6 is 0 Å². The predicted octanol–water partition coefficient (Wildman–Crippen LogP) is 4.35. The molecule has 1 amide bonds. The van der Waals surface area contributed by atoms with Crippen LogP contribution in [0.5, 0.6) is 0 Å². The Morgan fingerprint density at radius 2 is 1.50 bits per heavy atom. The number of hydrogen-bond acceptors (Lipinski definition) is 5. The summed E-state index contributed by atoms with van der Waals surface area (Å²) in [5.41, 5.74) is 2.04. The maximum absolute atomic E-state index is 12.9. The molecule has 0 unspecified atom stereocenters. The molecule has 0 aliphatic heterocycles. The van der Waals surface area contributed by atoms with E-state index in [9.17, 15) is 21.6 Å². The number of sulfonamides is 2. The summed E-state index contributed by atoms with van der Waals surface area (Å²) in [5, 5.41) is 4.30. The SMILES string of the molecule is Cc1cccc(N(CC(=O)Nc2ccc(S(=O)(=O)Nc3cccc4ccccc34)cc2)S(C)(=O)=O)c1. The van der Waals surface area contributed by atoms with Crippen molar-refractivity contribution in [1.82, 2.24) is 0 Å². The minimum atomic E-state index is -3.88. The summed E-state index contributed by atoms with van der Waals surface area (Å²) in [6.07, 6.45) is 1.03. The van der Waals surface area contributed by atoms with Crippen LogP contribution < -0.4 is 14.3 Å². The topological polar surface area (TPSA) is 113 Å². The minimum absolute atomic E-state index is 0.0194. The number of benzene rings is 4. The monoisotopic (exact) mass is 523 g/mol. The molecule has 0 aliphatic rings. The van der Waals surface area contributed by atoms with Crippen LogP contribution in [-0.2, 0) is 24.8 Å². The predicted molar refractivity (Wildman–Crippen MR) is 143 cm³/mol. The van der Waals surface area contributed by atoms with Crippen LogP contribution in [0.2, 0.25) is 0 Å². The van der Waals surface area contributed by atoms with Gasteiger partial charge in [0.15, 0.2) is 0 Å². The van der Waals surface area contributed by atoms with Crippen molar-refractivity contribution in [2.24, 2.45) is 0 Å². The Morgan fingerprint density at radius 1 is 0.833 bits per heavy atom. The van der Waals surface area contributed by atoms with Crippen LogP contribution in [0.1, 0.15) is 5.56 Å². The third kappa shape index (κ3) is 5.84. The molecule has 10 heteroatoms. The molecule has 4 aromatic carbocycles. The van der Waals surface area contributed by atoms with Gasteiger partial charge in [0.05, 0.1) is 22.5 Å². The van der Waals surface area contributed by atoms with E-state index in [4.69, 9.17) is 0 Å². The van der Waals surface area contributed by atoms with Crippen molar-refractivity contribution in [3.63, 3.8) is 0 Å². The Morgan fingerprint density at radius 3 is 2.19 bits per heavy atom. The quantitative estimate of drug-likeness (QED) is 0.357. The van der Waals surface area contributed by atoms with Gasteiger partial charge in [0, 0.05) is 11.1 Å². The van der Waals surface area contributed by atoms with E-state index < -0.39 is 32.5 Å². The number of aryl methyl sites for hydroxylation is 1. The number of fused-ring (bicyclic) bond motifs is 1.